The van der Waals surface area contributed by atoms with E-state index in [1.807, 2.05) is 30.0 Å². The zero-order chi connectivity index (χ0) is 17.9. The number of methoxy groups -OCH3 is 2. The quantitative estimate of drug-likeness (QED) is 0.816. The maximum absolute atomic E-state index is 12.8. The Labute approximate surface area is 149 Å². The minimum atomic E-state index is -0.441. The SMILES string of the molecule is COc1ccc(CC(C)C(=O)N2CCC3(CC2)OCCO3)cc1OC. The van der Waals surface area contributed by atoms with Gasteiger partial charge in [-0.05, 0) is 24.1 Å². The van der Waals surface area contributed by atoms with Gasteiger partial charge in [0.15, 0.2) is 17.3 Å². The van der Waals surface area contributed by atoms with E-state index >= 15 is 0 Å². The molecule has 0 N–H and O–H groups in total. The van der Waals surface area contributed by atoms with Gasteiger partial charge in [0.05, 0.1) is 27.4 Å². The first-order valence-corrected chi connectivity index (χ1v) is 8.84. The summed E-state index contributed by atoms with van der Waals surface area (Å²) in [6.45, 7) is 4.67. The summed E-state index contributed by atoms with van der Waals surface area (Å²) in [6.07, 6.45) is 2.18. The molecule has 6 nitrogen and oxygen atoms in total. The fourth-order valence-corrected chi connectivity index (χ4v) is 3.61. The highest BCUT2D eigenvalue weighted by Crippen LogP contribution is 2.32. The van der Waals surface area contributed by atoms with E-state index in [0.717, 1.165) is 18.4 Å². The number of nitrogens with zero attached hydrogens (tertiary/aromatic N) is 1. The van der Waals surface area contributed by atoms with Crippen molar-refractivity contribution in [3.05, 3.63) is 23.8 Å². The fraction of sp³-hybridized carbons (Fsp3) is 0.632. The van der Waals surface area contributed by atoms with Crippen molar-refractivity contribution in [2.45, 2.75) is 32.0 Å². The number of likely N-dealkylation sites (tertiary alicyclic amines) is 1. The minimum absolute atomic E-state index is 0.0856. The summed E-state index contributed by atoms with van der Waals surface area (Å²) in [5, 5.41) is 0. The van der Waals surface area contributed by atoms with Crippen LogP contribution in [0, 0.1) is 5.92 Å². The molecule has 25 heavy (non-hydrogen) atoms. The molecule has 138 valence electrons. The number of benzene rings is 1. The molecule has 6 heteroatoms. The molecule has 0 saturated carbocycles. The van der Waals surface area contributed by atoms with Gasteiger partial charge in [0.1, 0.15) is 0 Å². The molecule has 1 atom stereocenters. The van der Waals surface area contributed by atoms with Gasteiger partial charge in [-0.1, -0.05) is 13.0 Å². The van der Waals surface area contributed by atoms with E-state index in [1.54, 1.807) is 14.2 Å². The summed E-state index contributed by atoms with van der Waals surface area (Å²) >= 11 is 0. The number of carbonyl (C=O) groups is 1. The lowest BCUT2D eigenvalue weighted by atomic mass is 9.97. The van der Waals surface area contributed by atoms with Crippen molar-refractivity contribution >= 4 is 5.91 Å². The highest BCUT2D eigenvalue weighted by molar-refractivity contribution is 5.79. The van der Waals surface area contributed by atoms with Gasteiger partial charge in [0, 0.05) is 31.8 Å². The smallest absolute Gasteiger partial charge is 0.225 e. The summed E-state index contributed by atoms with van der Waals surface area (Å²) in [7, 11) is 3.23. The number of rotatable bonds is 5. The molecule has 1 unspecified atom stereocenters. The van der Waals surface area contributed by atoms with Crippen LogP contribution in [0.3, 0.4) is 0 Å². The molecule has 2 saturated heterocycles. The van der Waals surface area contributed by atoms with Crippen molar-refractivity contribution in [2.24, 2.45) is 5.92 Å². The lowest BCUT2D eigenvalue weighted by Gasteiger charge is -2.38. The Bertz CT molecular complexity index is 602. The van der Waals surface area contributed by atoms with Gasteiger partial charge in [-0.25, -0.2) is 0 Å². The summed E-state index contributed by atoms with van der Waals surface area (Å²) in [5.41, 5.74) is 1.06. The highest BCUT2D eigenvalue weighted by atomic mass is 16.7. The summed E-state index contributed by atoms with van der Waals surface area (Å²) in [6, 6.07) is 5.80. The molecule has 0 radical (unpaired) electrons. The molecule has 1 aromatic carbocycles. The van der Waals surface area contributed by atoms with Gasteiger partial charge >= 0.3 is 0 Å². The van der Waals surface area contributed by atoms with Crippen LogP contribution < -0.4 is 9.47 Å². The first-order chi connectivity index (χ1) is 12.1. The normalized spacial score (nSPS) is 20.5. The molecule has 2 aliphatic heterocycles. The highest BCUT2D eigenvalue weighted by Gasteiger charge is 2.41. The van der Waals surface area contributed by atoms with Crippen molar-refractivity contribution in [3.8, 4) is 11.5 Å². The second-order valence-electron chi connectivity index (χ2n) is 6.73. The van der Waals surface area contributed by atoms with Crippen LogP contribution >= 0.6 is 0 Å². The Kier molecular flexibility index (Phi) is 5.49. The van der Waals surface area contributed by atoms with E-state index < -0.39 is 5.79 Å². The molecule has 0 aromatic heterocycles. The van der Waals surface area contributed by atoms with E-state index in [0.29, 0.717) is 44.2 Å². The number of hydrogen-bond acceptors (Lipinski definition) is 5. The van der Waals surface area contributed by atoms with Gasteiger partial charge in [-0.15, -0.1) is 0 Å². The van der Waals surface area contributed by atoms with E-state index in [4.69, 9.17) is 18.9 Å². The number of ether oxygens (including phenoxy) is 4. The van der Waals surface area contributed by atoms with Crippen molar-refractivity contribution in [2.75, 3.05) is 40.5 Å². The Balaban J connectivity index is 1.58. The summed E-state index contributed by atoms with van der Waals surface area (Å²) in [5.74, 6) is 1.04. The predicted octanol–water partition coefficient (Wildman–Crippen LogP) is 2.25. The third-order valence-corrected chi connectivity index (χ3v) is 5.06. The average molecular weight is 349 g/mol. The van der Waals surface area contributed by atoms with Crippen LogP contribution in [0.5, 0.6) is 11.5 Å². The van der Waals surface area contributed by atoms with E-state index in [2.05, 4.69) is 0 Å². The van der Waals surface area contributed by atoms with E-state index in [-0.39, 0.29) is 11.8 Å². The topological polar surface area (TPSA) is 57.2 Å². The third kappa shape index (κ3) is 3.90. The van der Waals surface area contributed by atoms with Gasteiger partial charge in [-0.2, -0.15) is 0 Å². The molecule has 1 aromatic rings. The van der Waals surface area contributed by atoms with Gasteiger partial charge < -0.3 is 23.8 Å². The molecule has 1 spiro atoms. The maximum atomic E-state index is 12.8. The van der Waals surface area contributed by atoms with Crippen molar-refractivity contribution in [3.63, 3.8) is 0 Å². The van der Waals surface area contributed by atoms with Crippen molar-refractivity contribution in [1.82, 2.24) is 4.90 Å². The number of hydrogen-bond donors (Lipinski definition) is 0. The Morgan fingerprint density at radius 3 is 2.40 bits per heavy atom. The van der Waals surface area contributed by atoms with E-state index in [1.165, 1.54) is 0 Å². The Morgan fingerprint density at radius 2 is 1.80 bits per heavy atom. The van der Waals surface area contributed by atoms with Crippen LogP contribution in [0.4, 0.5) is 0 Å². The zero-order valence-corrected chi connectivity index (χ0v) is 15.2. The summed E-state index contributed by atoms with van der Waals surface area (Å²) < 4.78 is 22.1. The number of carbonyl (C=O) groups excluding carboxylic acids is 1. The number of piperidine rings is 1. The molecule has 2 aliphatic rings. The molecular formula is C19H27NO5. The third-order valence-electron chi connectivity index (χ3n) is 5.06. The van der Waals surface area contributed by atoms with Crippen molar-refractivity contribution < 1.29 is 23.7 Å². The molecule has 2 fully saturated rings. The van der Waals surface area contributed by atoms with Crippen LogP contribution in [-0.2, 0) is 20.7 Å². The second kappa shape index (κ2) is 7.62. The standard InChI is InChI=1S/C19H27NO5/c1-14(12-15-4-5-16(22-2)17(13-15)23-3)18(21)20-8-6-19(7-9-20)24-10-11-25-19/h4-5,13-14H,6-12H2,1-3H3. The first kappa shape index (κ1) is 18.0. The monoisotopic (exact) mass is 349 g/mol. The maximum Gasteiger partial charge on any atom is 0.225 e. The second-order valence-corrected chi connectivity index (χ2v) is 6.73. The van der Waals surface area contributed by atoms with Crippen LogP contribution in [0.1, 0.15) is 25.3 Å². The van der Waals surface area contributed by atoms with Crippen LogP contribution in [-0.4, -0.2) is 57.1 Å². The molecular weight excluding hydrogens is 322 g/mol. The average Bonchev–Trinajstić information content (AvgIpc) is 3.09. The minimum Gasteiger partial charge on any atom is -0.493 e. The van der Waals surface area contributed by atoms with Gasteiger partial charge in [0.25, 0.3) is 0 Å². The lowest BCUT2D eigenvalue weighted by molar-refractivity contribution is -0.188. The first-order valence-electron chi connectivity index (χ1n) is 8.84. The Hall–Kier alpha value is -1.79. The van der Waals surface area contributed by atoms with E-state index in [9.17, 15) is 4.79 Å². The van der Waals surface area contributed by atoms with Crippen LogP contribution in [0.2, 0.25) is 0 Å². The fourth-order valence-electron chi connectivity index (χ4n) is 3.61. The largest absolute Gasteiger partial charge is 0.493 e. The zero-order valence-electron chi connectivity index (χ0n) is 15.2. The molecule has 2 heterocycles. The molecule has 1 amide bonds. The molecule has 0 aliphatic carbocycles. The molecule has 3 rings (SSSR count). The van der Waals surface area contributed by atoms with Gasteiger partial charge in [0.2, 0.25) is 5.91 Å². The number of amides is 1. The van der Waals surface area contributed by atoms with Crippen LogP contribution in [0.15, 0.2) is 18.2 Å². The summed E-state index contributed by atoms with van der Waals surface area (Å²) in [4.78, 5) is 14.7. The van der Waals surface area contributed by atoms with Crippen molar-refractivity contribution in [1.29, 1.82) is 0 Å². The Morgan fingerprint density at radius 1 is 1.16 bits per heavy atom. The molecule has 0 bridgehead atoms. The van der Waals surface area contributed by atoms with Crippen LogP contribution in [0.25, 0.3) is 0 Å². The predicted molar refractivity (Wildman–Crippen MR) is 92.9 cm³/mol. The van der Waals surface area contributed by atoms with Gasteiger partial charge in [-0.3, -0.25) is 4.79 Å². The lowest BCUT2D eigenvalue weighted by Crippen LogP contribution is -2.48.